The summed E-state index contributed by atoms with van der Waals surface area (Å²) >= 11 is 0. The summed E-state index contributed by atoms with van der Waals surface area (Å²) in [7, 11) is 1.32. The normalized spacial score (nSPS) is 10.7. The monoisotopic (exact) mass is 368 g/mol. The highest BCUT2D eigenvalue weighted by Gasteiger charge is 2.22. The van der Waals surface area contributed by atoms with E-state index in [4.69, 9.17) is 18.6 Å². The van der Waals surface area contributed by atoms with Crippen LogP contribution >= 0.6 is 0 Å². The summed E-state index contributed by atoms with van der Waals surface area (Å²) in [6.07, 6.45) is 0. The van der Waals surface area contributed by atoms with Crippen LogP contribution in [0.5, 0.6) is 0 Å². The Bertz CT molecular complexity index is 956. The molecule has 6 heteroatoms. The van der Waals surface area contributed by atoms with Gasteiger partial charge in [0.2, 0.25) is 5.76 Å². The molecule has 3 rings (SSSR count). The summed E-state index contributed by atoms with van der Waals surface area (Å²) in [5, 5.41) is 0.825. The van der Waals surface area contributed by atoms with E-state index in [0.717, 1.165) is 5.39 Å². The van der Waals surface area contributed by atoms with Gasteiger partial charge in [0.1, 0.15) is 12.2 Å². The van der Waals surface area contributed by atoms with E-state index in [9.17, 15) is 9.59 Å². The summed E-state index contributed by atoms with van der Waals surface area (Å²) in [5.41, 5.74) is 2.34. The van der Waals surface area contributed by atoms with Crippen molar-refractivity contribution in [2.75, 3.05) is 13.7 Å². The highest BCUT2D eigenvalue weighted by molar-refractivity contribution is 5.96. The predicted molar refractivity (Wildman–Crippen MR) is 98.4 cm³/mol. The number of ether oxygens (including phenoxy) is 3. The van der Waals surface area contributed by atoms with Gasteiger partial charge in [0.25, 0.3) is 0 Å². The van der Waals surface area contributed by atoms with Crippen molar-refractivity contribution in [1.29, 1.82) is 0 Å². The maximum absolute atomic E-state index is 12.6. The Morgan fingerprint density at radius 2 is 1.81 bits per heavy atom. The minimum absolute atomic E-state index is 0.00872. The summed E-state index contributed by atoms with van der Waals surface area (Å²) in [4.78, 5) is 24.2. The number of benzene rings is 2. The van der Waals surface area contributed by atoms with Gasteiger partial charge in [0.15, 0.2) is 0 Å². The van der Waals surface area contributed by atoms with E-state index >= 15 is 0 Å². The number of hydrogen-bond donors (Lipinski definition) is 0. The summed E-state index contributed by atoms with van der Waals surface area (Å²) < 4.78 is 21.3. The third-order valence-corrected chi connectivity index (χ3v) is 4.05. The van der Waals surface area contributed by atoms with Crippen LogP contribution in [-0.4, -0.2) is 25.7 Å². The van der Waals surface area contributed by atoms with E-state index in [1.807, 2.05) is 25.1 Å². The van der Waals surface area contributed by atoms with E-state index < -0.39 is 11.9 Å². The smallest absolute Gasteiger partial charge is 0.374 e. The van der Waals surface area contributed by atoms with Crippen molar-refractivity contribution in [3.8, 4) is 0 Å². The molecule has 1 heterocycles. The molecule has 0 unspecified atom stereocenters. The molecular weight excluding hydrogens is 348 g/mol. The molecule has 0 spiro atoms. The average Bonchev–Trinajstić information content (AvgIpc) is 3.08. The molecule has 1 aromatic heterocycles. The van der Waals surface area contributed by atoms with E-state index in [2.05, 4.69) is 0 Å². The van der Waals surface area contributed by atoms with Gasteiger partial charge in [-0.1, -0.05) is 30.3 Å². The molecule has 0 fully saturated rings. The van der Waals surface area contributed by atoms with Gasteiger partial charge in [-0.15, -0.1) is 0 Å². The lowest BCUT2D eigenvalue weighted by molar-refractivity contribution is 0.0430. The molecule has 0 aliphatic rings. The fourth-order valence-corrected chi connectivity index (χ4v) is 2.73. The lowest BCUT2D eigenvalue weighted by atomic mass is 10.1. The largest absolute Gasteiger partial charge is 0.465 e. The number of methoxy groups -OCH3 is 1. The predicted octanol–water partition coefficient (Wildman–Crippen LogP) is 4.11. The lowest BCUT2D eigenvalue weighted by Crippen LogP contribution is -2.08. The number of furan rings is 1. The summed E-state index contributed by atoms with van der Waals surface area (Å²) in [6, 6.07) is 14.1. The molecule has 0 N–H and O–H groups in total. The van der Waals surface area contributed by atoms with Gasteiger partial charge >= 0.3 is 11.9 Å². The molecule has 0 bridgehead atoms. The Morgan fingerprint density at radius 1 is 1.00 bits per heavy atom. The molecular formula is C21H20O6. The number of carbonyl (C=O) groups is 2. The number of carbonyl (C=O) groups excluding carboxylic acids is 2. The zero-order chi connectivity index (χ0) is 19.2. The molecule has 3 aromatic rings. The Kier molecular flexibility index (Phi) is 5.88. The van der Waals surface area contributed by atoms with Crippen molar-refractivity contribution in [3.63, 3.8) is 0 Å². The van der Waals surface area contributed by atoms with Crippen LogP contribution in [0.2, 0.25) is 0 Å². The molecule has 0 saturated heterocycles. The molecule has 0 atom stereocenters. The van der Waals surface area contributed by atoms with Gasteiger partial charge in [0, 0.05) is 17.6 Å². The third-order valence-electron chi connectivity index (χ3n) is 4.05. The second-order valence-corrected chi connectivity index (χ2v) is 5.81. The van der Waals surface area contributed by atoms with Crippen molar-refractivity contribution < 1.29 is 28.2 Å². The fraction of sp³-hybridized carbons (Fsp3) is 0.238. The van der Waals surface area contributed by atoms with Crippen LogP contribution in [-0.2, 0) is 27.4 Å². The first-order valence-electron chi connectivity index (χ1n) is 8.56. The molecule has 0 radical (unpaired) electrons. The van der Waals surface area contributed by atoms with E-state index in [-0.39, 0.29) is 19.0 Å². The van der Waals surface area contributed by atoms with Crippen molar-refractivity contribution in [3.05, 3.63) is 71.0 Å². The van der Waals surface area contributed by atoms with Gasteiger partial charge in [-0.3, -0.25) is 0 Å². The van der Waals surface area contributed by atoms with Crippen LogP contribution in [0.4, 0.5) is 0 Å². The molecule has 140 valence electrons. The van der Waals surface area contributed by atoms with Crippen LogP contribution in [0, 0.1) is 0 Å². The molecule has 0 aliphatic heterocycles. The van der Waals surface area contributed by atoms with Crippen LogP contribution in [0.1, 0.15) is 39.0 Å². The second-order valence-electron chi connectivity index (χ2n) is 5.81. The molecule has 2 aromatic carbocycles. The van der Waals surface area contributed by atoms with Crippen molar-refractivity contribution in [2.45, 2.75) is 20.1 Å². The van der Waals surface area contributed by atoms with Gasteiger partial charge < -0.3 is 18.6 Å². The maximum Gasteiger partial charge on any atom is 0.374 e. The Hall–Kier alpha value is -3.12. The fourth-order valence-electron chi connectivity index (χ4n) is 2.73. The topological polar surface area (TPSA) is 75.0 Å². The van der Waals surface area contributed by atoms with Gasteiger partial charge in [0.05, 0.1) is 19.3 Å². The Labute approximate surface area is 156 Å². The number of esters is 2. The lowest BCUT2D eigenvalue weighted by Gasteiger charge is -2.07. The zero-order valence-corrected chi connectivity index (χ0v) is 15.2. The number of rotatable bonds is 7. The minimum atomic E-state index is -0.579. The van der Waals surface area contributed by atoms with E-state index in [1.54, 1.807) is 30.3 Å². The second kappa shape index (κ2) is 8.51. The van der Waals surface area contributed by atoms with Crippen LogP contribution in [0.15, 0.2) is 52.9 Å². The zero-order valence-electron chi connectivity index (χ0n) is 15.2. The van der Waals surface area contributed by atoms with Gasteiger partial charge in [-0.25, -0.2) is 9.59 Å². The van der Waals surface area contributed by atoms with Crippen LogP contribution in [0.25, 0.3) is 11.0 Å². The van der Waals surface area contributed by atoms with Crippen molar-refractivity contribution >= 4 is 22.9 Å². The highest BCUT2D eigenvalue weighted by Crippen LogP contribution is 2.27. The first-order chi connectivity index (χ1) is 13.1. The summed E-state index contributed by atoms with van der Waals surface area (Å²) in [6.45, 7) is 2.67. The SMILES string of the molecule is CCOCc1c(C(=O)OCc2cccc(C(=O)OC)c2)oc2ccccc12. The van der Waals surface area contributed by atoms with Gasteiger partial charge in [-0.2, -0.15) is 0 Å². The maximum atomic E-state index is 12.6. The number of fused-ring (bicyclic) bond motifs is 1. The first-order valence-corrected chi connectivity index (χ1v) is 8.56. The quantitative estimate of drug-likeness (QED) is 0.584. The Morgan fingerprint density at radius 3 is 2.59 bits per heavy atom. The van der Waals surface area contributed by atoms with E-state index in [0.29, 0.717) is 28.9 Å². The van der Waals surface area contributed by atoms with Crippen LogP contribution < -0.4 is 0 Å². The number of para-hydroxylation sites is 1. The summed E-state index contributed by atoms with van der Waals surface area (Å²) in [5.74, 6) is -0.891. The molecule has 0 aliphatic carbocycles. The number of hydrogen-bond acceptors (Lipinski definition) is 6. The van der Waals surface area contributed by atoms with E-state index in [1.165, 1.54) is 7.11 Å². The molecule has 27 heavy (non-hydrogen) atoms. The van der Waals surface area contributed by atoms with Gasteiger partial charge in [-0.05, 0) is 30.7 Å². The third kappa shape index (κ3) is 4.17. The van der Waals surface area contributed by atoms with Crippen molar-refractivity contribution in [1.82, 2.24) is 0 Å². The first kappa shape index (κ1) is 18.7. The molecule has 0 saturated carbocycles. The Balaban J connectivity index is 1.79. The highest BCUT2D eigenvalue weighted by atomic mass is 16.5. The molecule has 0 amide bonds. The van der Waals surface area contributed by atoms with Crippen LogP contribution in [0.3, 0.4) is 0 Å². The minimum Gasteiger partial charge on any atom is -0.465 e. The average molecular weight is 368 g/mol. The van der Waals surface area contributed by atoms with Crippen molar-refractivity contribution in [2.24, 2.45) is 0 Å². The standard InChI is InChI=1S/C21H20O6/c1-3-25-13-17-16-9-4-5-10-18(16)27-19(17)21(23)26-12-14-7-6-8-15(11-14)20(22)24-2/h4-11H,3,12-13H2,1-2H3. The molecule has 6 nitrogen and oxygen atoms in total.